The van der Waals surface area contributed by atoms with Crippen LogP contribution in [0, 0.1) is 0 Å². The normalized spacial score (nSPS) is 11.8. The standard InChI is InChI=1S/C24H43NO6/c1-2-3-4-5-6-7-8-9-10-11-12-13-14-18-25(19-15-22(26)27,20-16-23(28)29)21-17-24(30)31/h3-4H,2,5-21H2,1H3,(H2-,26,27,28,29,30,31)/b4-3+. The number of quaternary nitrogens is 1. The van der Waals surface area contributed by atoms with Crippen molar-refractivity contribution in [3.8, 4) is 0 Å². The van der Waals surface area contributed by atoms with E-state index in [9.17, 15) is 19.5 Å². The lowest BCUT2D eigenvalue weighted by Crippen LogP contribution is -2.53. The second kappa shape index (κ2) is 18.8. The fourth-order valence-electron chi connectivity index (χ4n) is 3.90. The molecule has 0 saturated carbocycles. The van der Waals surface area contributed by atoms with Crippen molar-refractivity contribution in [2.24, 2.45) is 0 Å². The minimum atomic E-state index is -1.19. The van der Waals surface area contributed by atoms with Gasteiger partial charge in [-0.3, -0.25) is 9.59 Å². The zero-order valence-corrected chi connectivity index (χ0v) is 19.4. The van der Waals surface area contributed by atoms with Crippen molar-refractivity contribution in [3.05, 3.63) is 12.2 Å². The summed E-state index contributed by atoms with van der Waals surface area (Å²) >= 11 is 0. The average Bonchev–Trinajstić information content (AvgIpc) is 2.72. The minimum absolute atomic E-state index is 0.0963. The van der Waals surface area contributed by atoms with Gasteiger partial charge in [0.1, 0.15) is 0 Å². The molecule has 31 heavy (non-hydrogen) atoms. The summed E-state index contributed by atoms with van der Waals surface area (Å²) in [6.45, 7) is 3.48. The molecule has 7 nitrogen and oxygen atoms in total. The Labute approximate surface area is 187 Å². The molecule has 0 rings (SSSR count). The Morgan fingerprint density at radius 1 is 0.677 bits per heavy atom. The summed E-state index contributed by atoms with van der Waals surface area (Å²) < 4.78 is 0.221. The number of hydrogen-bond donors (Lipinski definition) is 2. The van der Waals surface area contributed by atoms with E-state index in [0.29, 0.717) is 6.54 Å². The molecule has 0 fully saturated rings. The van der Waals surface area contributed by atoms with Gasteiger partial charge in [-0.1, -0.05) is 57.6 Å². The first-order valence-corrected chi connectivity index (χ1v) is 11.9. The van der Waals surface area contributed by atoms with Crippen LogP contribution >= 0.6 is 0 Å². The van der Waals surface area contributed by atoms with E-state index in [-0.39, 0.29) is 43.4 Å². The summed E-state index contributed by atoms with van der Waals surface area (Å²) in [5.74, 6) is -3.09. The van der Waals surface area contributed by atoms with Crippen LogP contribution in [-0.2, 0) is 14.4 Å². The van der Waals surface area contributed by atoms with Gasteiger partial charge in [0.15, 0.2) is 0 Å². The number of unbranched alkanes of at least 4 members (excludes halogenated alkanes) is 9. The van der Waals surface area contributed by atoms with E-state index in [1.807, 2.05) is 0 Å². The molecule has 0 aromatic heterocycles. The van der Waals surface area contributed by atoms with Crippen LogP contribution in [0.25, 0.3) is 0 Å². The topological polar surface area (TPSA) is 115 Å². The van der Waals surface area contributed by atoms with Crippen LogP contribution in [0.3, 0.4) is 0 Å². The van der Waals surface area contributed by atoms with Crippen molar-refractivity contribution in [1.82, 2.24) is 0 Å². The second-order valence-electron chi connectivity index (χ2n) is 8.50. The molecule has 0 saturated heterocycles. The van der Waals surface area contributed by atoms with Crippen molar-refractivity contribution in [1.29, 1.82) is 0 Å². The molecule has 0 heterocycles. The third-order valence-corrected chi connectivity index (χ3v) is 5.80. The number of carbonyl (C=O) groups excluding carboxylic acids is 1. The summed E-state index contributed by atoms with van der Waals surface area (Å²) in [6, 6.07) is 0. The molecule has 7 heteroatoms. The zero-order valence-electron chi connectivity index (χ0n) is 19.4. The average molecular weight is 442 g/mol. The van der Waals surface area contributed by atoms with Crippen LogP contribution in [0.4, 0.5) is 0 Å². The van der Waals surface area contributed by atoms with Crippen molar-refractivity contribution in [2.45, 2.75) is 96.8 Å². The molecule has 0 aliphatic rings. The van der Waals surface area contributed by atoms with Crippen LogP contribution in [0.1, 0.15) is 96.8 Å². The van der Waals surface area contributed by atoms with Gasteiger partial charge >= 0.3 is 11.9 Å². The summed E-state index contributed by atoms with van der Waals surface area (Å²) in [4.78, 5) is 33.1. The predicted molar refractivity (Wildman–Crippen MR) is 119 cm³/mol. The number of hydrogen-bond acceptors (Lipinski definition) is 4. The first kappa shape index (κ1) is 29.1. The van der Waals surface area contributed by atoms with E-state index in [4.69, 9.17) is 10.2 Å². The number of nitrogens with zero attached hydrogens (tertiary/aromatic N) is 1. The number of aliphatic carboxylic acids is 3. The Balaban J connectivity index is 4.26. The molecule has 0 aromatic carbocycles. The minimum Gasteiger partial charge on any atom is -0.550 e. The maximum absolute atomic E-state index is 11.1. The van der Waals surface area contributed by atoms with Gasteiger partial charge in [0.05, 0.1) is 39.0 Å². The highest BCUT2D eigenvalue weighted by Gasteiger charge is 2.28. The van der Waals surface area contributed by atoms with Crippen LogP contribution in [0.15, 0.2) is 12.2 Å². The molecule has 0 spiro atoms. The first-order chi connectivity index (χ1) is 14.8. The fraction of sp³-hybridized carbons (Fsp3) is 0.792. The number of rotatable bonds is 22. The number of carbonyl (C=O) groups is 3. The molecule has 0 radical (unpaired) electrons. The lowest BCUT2D eigenvalue weighted by atomic mass is 10.1. The van der Waals surface area contributed by atoms with E-state index in [2.05, 4.69) is 19.1 Å². The highest BCUT2D eigenvalue weighted by molar-refractivity contribution is 5.67. The van der Waals surface area contributed by atoms with Crippen molar-refractivity contribution in [2.75, 3.05) is 26.2 Å². The van der Waals surface area contributed by atoms with E-state index in [1.54, 1.807) is 0 Å². The molecule has 0 aliphatic carbocycles. The highest BCUT2D eigenvalue weighted by atomic mass is 16.4. The number of carboxylic acid groups (broad SMARTS) is 3. The Morgan fingerprint density at radius 3 is 1.58 bits per heavy atom. The van der Waals surface area contributed by atoms with Crippen LogP contribution < -0.4 is 5.11 Å². The summed E-state index contributed by atoms with van der Waals surface area (Å²) in [5, 5.41) is 29.1. The van der Waals surface area contributed by atoms with Crippen molar-refractivity contribution < 1.29 is 34.2 Å². The summed E-state index contributed by atoms with van der Waals surface area (Å²) in [6.07, 6.45) is 16.8. The van der Waals surface area contributed by atoms with Crippen molar-refractivity contribution >= 4 is 17.9 Å². The molecule has 0 amide bonds. The monoisotopic (exact) mass is 441 g/mol. The van der Waals surface area contributed by atoms with Crippen LogP contribution in [0.2, 0.25) is 0 Å². The third-order valence-electron chi connectivity index (χ3n) is 5.80. The molecule has 0 aromatic rings. The lowest BCUT2D eigenvalue weighted by Gasteiger charge is -2.38. The van der Waals surface area contributed by atoms with Gasteiger partial charge in [-0.25, -0.2) is 0 Å². The van der Waals surface area contributed by atoms with Gasteiger partial charge in [-0.05, 0) is 32.1 Å². The zero-order chi connectivity index (χ0) is 23.4. The maximum Gasteiger partial charge on any atom is 0.309 e. The Bertz CT molecular complexity index is 487. The summed E-state index contributed by atoms with van der Waals surface area (Å²) in [7, 11) is 0. The van der Waals surface area contributed by atoms with Gasteiger partial charge in [-0.15, -0.1) is 0 Å². The van der Waals surface area contributed by atoms with E-state index < -0.39 is 17.9 Å². The Hall–Kier alpha value is -1.89. The van der Waals surface area contributed by atoms with Crippen molar-refractivity contribution in [3.63, 3.8) is 0 Å². The molecule has 0 atom stereocenters. The molecule has 0 unspecified atom stereocenters. The van der Waals surface area contributed by atoms with Crippen LogP contribution in [0.5, 0.6) is 0 Å². The van der Waals surface area contributed by atoms with Gasteiger partial charge in [0.25, 0.3) is 0 Å². The Morgan fingerprint density at radius 2 is 1.13 bits per heavy atom. The summed E-state index contributed by atoms with van der Waals surface area (Å²) in [5.41, 5.74) is 0. The van der Waals surface area contributed by atoms with Gasteiger partial charge in [0, 0.05) is 12.4 Å². The number of allylic oxidation sites excluding steroid dienone is 2. The lowest BCUT2D eigenvalue weighted by molar-refractivity contribution is -0.927. The maximum atomic E-state index is 11.1. The highest BCUT2D eigenvalue weighted by Crippen LogP contribution is 2.17. The molecule has 0 aliphatic heterocycles. The van der Waals surface area contributed by atoms with Gasteiger partial charge < -0.3 is 24.6 Å². The smallest absolute Gasteiger partial charge is 0.309 e. The van der Waals surface area contributed by atoms with Gasteiger partial charge in [0.2, 0.25) is 0 Å². The first-order valence-electron chi connectivity index (χ1n) is 11.9. The van der Waals surface area contributed by atoms with E-state index >= 15 is 0 Å². The SMILES string of the molecule is CC/C=C/CCCCCCCCCCC[N+](CCC(=O)[O-])(CCC(=O)O)CCC(=O)O. The molecular formula is C24H43NO6. The fourth-order valence-corrected chi connectivity index (χ4v) is 3.90. The molecule has 0 bridgehead atoms. The Kier molecular flexibility index (Phi) is 17.7. The number of carboxylic acids is 3. The quantitative estimate of drug-likeness (QED) is 0.150. The molecular weight excluding hydrogens is 398 g/mol. The molecule has 180 valence electrons. The van der Waals surface area contributed by atoms with Crippen LogP contribution in [-0.4, -0.2) is 58.8 Å². The molecule has 2 N–H and O–H groups in total. The largest absolute Gasteiger partial charge is 0.550 e. The second-order valence-corrected chi connectivity index (χ2v) is 8.50. The predicted octanol–water partition coefficient (Wildman–Crippen LogP) is 3.76. The third kappa shape index (κ3) is 18.6. The van der Waals surface area contributed by atoms with Gasteiger partial charge in [-0.2, -0.15) is 0 Å². The van der Waals surface area contributed by atoms with E-state index in [1.165, 1.54) is 44.9 Å². The van der Waals surface area contributed by atoms with E-state index in [0.717, 1.165) is 25.7 Å².